The minimum absolute atomic E-state index is 0.165. The standard InChI is InChI=1S/C26H34O9/c1-12-16-9-17(33-13(2)27)20-25-8-6-7-24(5,11-32-23(25)31)18(25)10-19(34-14(3)28)26(20,21(12)30)22(16)35-15(4)29/h16-20,22-23,31H,1,6-11H2,2-5H3. The van der Waals surface area contributed by atoms with Crippen LogP contribution in [0, 0.1) is 34.0 Å². The molecular weight excluding hydrogens is 456 g/mol. The molecule has 4 bridgehead atoms. The number of carbonyl (C=O) groups excluding carboxylic acids is 4. The van der Waals surface area contributed by atoms with Gasteiger partial charge in [-0.2, -0.15) is 0 Å². The fourth-order valence-electron chi connectivity index (χ4n) is 8.85. The van der Waals surface area contributed by atoms with E-state index in [-0.39, 0.29) is 29.1 Å². The Morgan fingerprint density at radius 3 is 2.31 bits per heavy atom. The molecule has 0 aromatic heterocycles. The second-order valence-electron chi connectivity index (χ2n) is 11.5. The summed E-state index contributed by atoms with van der Waals surface area (Å²) in [6, 6.07) is 0. The minimum atomic E-state index is -1.53. The van der Waals surface area contributed by atoms with Gasteiger partial charge >= 0.3 is 17.9 Å². The molecule has 9 heteroatoms. The number of aliphatic hydroxyl groups is 1. The van der Waals surface area contributed by atoms with Crippen LogP contribution in [0.5, 0.6) is 0 Å². The molecule has 1 spiro atoms. The Labute approximate surface area is 204 Å². The molecule has 5 rings (SSSR count). The second kappa shape index (κ2) is 7.87. The maximum atomic E-state index is 14.2. The monoisotopic (exact) mass is 490 g/mol. The third-order valence-corrected chi connectivity index (χ3v) is 9.70. The fraction of sp³-hybridized carbons (Fsp3) is 0.769. The van der Waals surface area contributed by atoms with Gasteiger partial charge in [0, 0.05) is 38.0 Å². The van der Waals surface area contributed by atoms with Crippen LogP contribution in [0.25, 0.3) is 0 Å². The van der Waals surface area contributed by atoms with Crippen LogP contribution in [-0.4, -0.2) is 60.0 Å². The maximum absolute atomic E-state index is 14.2. The molecule has 35 heavy (non-hydrogen) atoms. The number of esters is 3. The van der Waals surface area contributed by atoms with E-state index in [2.05, 4.69) is 13.5 Å². The van der Waals surface area contributed by atoms with Crippen molar-refractivity contribution in [1.82, 2.24) is 0 Å². The van der Waals surface area contributed by atoms with Gasteiger partial charge < -0.3 is 24.1 Å². The van der Waals surface area contributed by atoms with Crippen molar-refractivity contribution in [3.8, 4) is 0 Å². The topological polar surface area (TPSA) is 125 Å². The van der Waals surface area contributed by atoms with Gasteiger partial charge in [0.15, 0.2) is 12.1 Å². The maximum Gasteiger partial charge on any atom is 0.302 e. The lowest BCUT2D eigenvalue weighted by atomic mass is 9.37. The van der Waals surface area contributed by atoms with E-state index in [1.165, 1.54) is 20.8 Å². The van der Waals surface area contributed by atoms with Gasteiger partial charge in [-0.05, 0) is 42.6 Å². The molecule has 9 nitrogen and oxygen atoms in total. The Bertz CT molecular complexity index is 1000. The van der Waals surface area contributed by atoms with Gasteiger partial charge in [-0.15, -0.1) is 0 Å². The molecule has 1 saturated heterocycles. The lowest BCUT2D eigenvalue weighted by Crippen LogP contribution is -2.76. The molecule has 0 amide bonds. The van der Waals surface area contributed by atoms with Gasteiger partial charge in [0.05, 0.1) is 6.61 Å². The summed E-state index contributed by atoms with van der Waals surface area (Å²) in [5, 5.41) is 11.5. The van der Waals surface area contributed by atoms with Gasteiger partial charge in [-0.1, -0.05) is 19.9 Å². The molecule has 0 radical (unpaired) electrons. The van der Waals surface area contributed by atoms with E-state index in [1.807, 2.05) is 0 Å². The predicted octanol–water partition coefficient (Wildman–Crippen LogP) is 2.09. The van der Waals surface area contributed by atoms with Crippen molar-refractivity contribution in [2.24, 2.45) is 34.0 Å². The number of aliphatic hydroxyl groups excluding tert-OH is 1. The zero-order valence-electron chi connectivity index (χ0n) is 20.7. The van der Waals surface area contributed by atoms with E-state index in [9.17, 15) is 24.3 Å². The highest BCUT2D eigenvalue weighted by Crippen LogP contribution is 2.74. The van der Waals surface area contributed by atoms with Gasteiger partial charge in [-0.3, -0.25) is 19.2 Å². The highest BCUT2D eigenvalue weighted by atomic mass is 16.6. The second-order valence-corrected chi connectivity index (χ2v) is 11.5. The van der Waals surface area contributed by atoms with Crippen LogP contribution in [0.4, 0.5) is 0 Å². The normalized spacial score (nSPS) is 47.9. The van der Waals surface area contributed by atoms with Crippen LogP contribution in [0.1, 0.15) is 59.8 Å². The number of carbonyl (C=O) groups is 4. The molecule has 0 aromatic carbocycles. The Balaban J connectivity index is 1.80. The first-order valence-electron chi connectivity index (χ1n) is 12.4. The zero-order valence-corrected chi connectivity index (χ0v) is 20.7. The summed E-state index contributed by atoms with van der Waals surface area (Å²) in [4.78, 5) is 51.2. The van der Waals surface area contributed by atoms with Crippen molar-refractivity contribution in [2.45, 2.75) is 84.4 Å². The number of fused-ring (bicyclic) bond motifs is 1. The molecule has 10 unspecified atom stereocenters. The number of rotatable bonds is 3. The molecule has 1 aliphatic heterocycles. The summed E-state index contributed by atoms with van der Waals surface area (Å²) in [5.74, 6) is -3.53. The highest BCUT2D eigenvalue weighted by molar-refractivity contribution is 6.05. The van der Waals surface area contributed by atoms with E-state index in [0.29, 0.717) is 19.4 Å². The molecule has 192 valence electrons. The van der Waals surface area contributed by atoms with Gasteiger partial charge in [0.2, 0.25) is 0 Å². The number of hydrogen-bond acceptors (Lipinski definition) is 9. The van der Waals surface area contributed by atoms with E-state index in [0.717, 1.165) is 12.8 Å². The van der Waals surface area contributed by atoms with Crippen LogP contribution in [0.2, 0.25) is 0 Å². The predicted molar refractivity (Wildman–Crippen MR) is 119 cm³/mol. The zero-order chi connectivity index (χ0) is 25.5. The Morgan fingerprint density at radius 1 is 1.03 bits per heavy atom. The largest absolute Gasteiger partial charge is 0.462 e. The van der Waals surface area contributed by atoms with Crippen molar-refractivity contribution < 1.29 is 43.2 Å². The molecule has 1 heterocycles. The van der Waals surface area contributed by atoms with Crippen molar-refractivity contribution in [1.29, 1.82) is 0 Å². The summed E-state index contributed by atoms with van der Waals surface area (Å²) < 4.78 is 23.6. The average molecular weight is 491 g/mol. The number of Topliss-reactive ketones (excluding diaryl/α,β-unsaturated/α-hetero) is 1. The molecule has 10 atom stereocenters. The quantitative estimate of drug-likeness (QED) is 0.359. The van der Waals surface area contributed by atoms with Crippen molar-refractivity contribution in [2.75, 3.05) is 6.61 Å². The molecule has 5 aliphatic rings. The number of ether oxygens (including phenoxy) is 4. The van der Waals surface area contributed by atoms with Gasteiger partial charge in [0.1, 0.15) is 23.7 Å². The first kappa shape index (κ1) is 24.4. The Hall–Kier alpha value is -2.26. The van der Waals surface area contributed by atoms with E-state index >= 15 is 0 Å². The lowest BCUT2D eigenvalue weighted by Gasteiger charge is -2.70. The van der Waals surface area contributed by atoms with Crippen molar-refractivity contribution in [3.63, 3.8) is 0 Å². The van der Waals surface area contributed by atoms with E-state index in [1.54, 1.807) is 0 Å². The van der Waals surface area contributed by atoms with Crippen molar-refractivity contribution >= 4 is 23.7 Å². The number of hydrogen-bond donors (Lipinski definition) is 1. The minimum Gasteiger partial charge on any atom is -0.462 e. The molecule has 4 aliphatic carbocycles. The highest BCUT2D eigenvalue weighted by Gasteiger charge is 2.82. The smallest absolute Gasteiger partial charge is 0.302 e. The average Bonchev–Trinajstić information content (AvgIpc) is 2.87. The third kappa shape index (κ3) is 3.06. The van der Waals surface area contributed by atoms with Crippen LogP contribution < -0.4 is 0 Å². The van der Waals surface area contributed by atoms with E-state index in [4.69, 9.17) is 18.9 Å². The van der Waals surface area contributed by atoms with E-state index < -0.39 is 65.2 Å². The Kier molecular flexibility index (Phi) is 5.49. The third-order valence-electron chi connectivity index (χ3n) is 9.70. The summed E-state index contributed by atoms with van der Waals surface area (Å²) >= 11 is 0. The van der Waals surface area contributed by atoms with Gasteiger partial charge in [-0.25, -0.2) is 0 Å². The lowest BCUT2D eigenvalue weighted by molar-refractivity contribution is -0.357. The number of ketones is 1. The summed E-state index contributed by atoms with van der Waals surface area (Å²) in [5.41, 5.74) is -2.54. The first-order valence-corrected chi connectivity index (χ1v) is 12.4. The summed E-state index contributed by atoms with van der Waals surface area (Å²) in [6.45, 7) is 10.4. The summed E-state index contributed by atoms with van der Waals surface area (Å²) in [6.07, 6.45) is -1.13. The molecule has 0 aromatic rings. The molecular formula is C26H34O9. The molecule has 4 saturated carbocycles. The van der Waals surface area contributed by atoms with Gasteiger partial charge in [0.25, 0.3) is 0 Å². The summed E-state index contributed by atoms with van der Waals surface area (Å²) in [7, 11) is 0. The molecule has 1 N–H and O–H groups in total. The first-order chi connectivity index (χ1) is 16.4. The fourth-order valence-corrected chi connectivity index (χ4v) is 8.85. The van der Waals surface area contributed by atoms with Crippen molar-refractivity contribution in [3.05, 3.63) is 12.2 Å². The van der Waals surface area contributed by atoms with Crippen LogP contribution in [-0.2, 0) is 38.1 Å². The Morgan fingerprint density at radius 2 is 1.69 bits per heavy atom. The van der Waals surface area contributed by atoms with Crippen LogP contribution in [0.3, 0.4) is 0 Å². The van der Waals surface area contributed by atoms with Crippen LogP contribution in [0.15, 0.2) is 12.2 Å². The molecule has 5 fully saturated rings. The SMILES string of the molecule is C=C1C(=O)C23C(OC(C)=O)CC4C5(C)CCCC4(C(O)OC5)C2C(OC(C)=O)CC1C3OC(C)=O. The van der Waals surface area contributed by atoms with Crippen LogP contribution >= 0.6 is 0 Å².